The summed E-state index contributed by atoms with van der Waals surface area (Å²) in [5.74, 6) is 0.710. The van der Waals surface area contributed by atoms with Gasteiger partial charge in [0.1, 0.15) is 18.4 Å². The summed E-state index contributed by atoms with van der Waals surface area (Å²) in [6, 6.07) is 18.6. The number of hydrogen-bond acceptors (Lipinski definition) is 4. The van der Waals surface area contributed by atoms with Gasteiger partial charge in [-0.2, -0.15) is 0 Å². The predicted octanol–water partition coefficient (Wildman–Crippen LogP) is 3.92. The number of para-hydroxylation sites is 1. The third kappa shape index (κ3) is 3.17. The van der Waals surface area contributed by atoms with Crippen LogP contribution in [0.1, 0.15) is 28.4 Å². The fraction of sp³-hybridized carbons (Fsp3) is 0.214. The van der Waals surface area contributed by atoms with Crippen molar-refractivity contribution in [2.45, 2.75) is 25.0 Å². The summed E-state index contributed by atoms with van der Waals surface area (Å²) in [6.07, 6.45) is 0.422. The number of carbonyl (C=O) groups is 2. The largest absolute Gasteiger partial charge is 0.454 e. The van der Waals surface area contributed by atoms with Crippen molar-refractivity contribution in [2.75, 3.05) is 13.3 Å². The second kappa shape index (κ2) is 7.84. The van der Waals surface area contributed by atoms with E-state index in [1.807, 2.05) is 42.5 Å². The van der Waals surface area contributed by atoms with Crippen LogP contribution in [-0.4, -0.2) is 46.0 Å². The van der Waals surface area contributed by atoms with Gasteiger partial charge < -0.3 is 24.3 Å². The van der Waals surface area contributed by atoms with Gasteiger partial charge in [0, 0.05) is 29.6 Å². The van der Waals surface area contributed by atoms with Gasteiger partial charge in [0.05, 0.1) is 6.04 Å². The SMILES string of the molecule is O=C1[C@H]2Cc3c([nH]c4ccccc34)[C@H](c3ccc4c(c3)OCO4)N2C(=O)CN1Cc1ccc(F)cc1. The zero-order valence-corrected chi connectivity index (χ0v) is 19.2. The van der Waals surface area contributed by atoms with E-state index in [9.17, 15) is 14.0 Å². The number of benzene rings is 3. The summed E-state index contributed by atoms with van der Waals surface area (Å²) in [6.45, 7) is 0.372. The molecule has 7 rings (SSSR count). The van der Waals surface area contributed by atoms with Gasteiger partial charge in [-0.05, 0) is 47.0 Å². The number of aromatic nitrogens is 1. The molecule has 1 fully saturated rings. The number of rotatable bonds is 3. The molecule has 3 aliphatic rings. The molecule has 3 aromatic carbocycles. The van der Waals surface area contributed by atoms with Crippen LogP contribution in [0.2, 0.25) is 0 Å². The Kier molecular flexibility index (Phi) is 4.57. The van der Waals surface area contributed by atoms with Crippen LogP contribution in [0.15, 0.2) is 66.7 Å². The zero-order chi connectivity index (χ0) is 24.4. The normalized spacial score (nSPS) is 20.6. The Morgan fingerprint density at radius 2 is 1.78 bits per heavy atom. The molecule has 0 radical (unpaired) electrons. The monoisotopic (exact) mass is 483 g/mol. The Balaban J connectivity index is 1.33. The third-order valence-electron chi connectivity index (χ3n) is 7.34. The molecule has 1 N–H and O–H groups in total. The first-order valence-electron chi connectivity index (χ1n) is 11.9. The molecule has 180 valence electrons. The van der Waals surface area contributed by atoms with Gasteiger partial charge in [0.2, 0.25) is 18.6 Å². The Labute approximate surface area is 206 Å². The summed E-state index contributed by atoms with van der Waals surface area (Å²) >= 11 is 0. The molecule has 4 heterocycles. The number of aromatic amines is 1. The molecule has 36 heavy (non-hydrogen) atoms. The van der Waals surface area contributed by atoms with E-state index in [0.29, 0.717) is 17.9 Å². The van der Waals surface area contributed by atoms with Crippen LogP contribution in [0, 0.1) is 5.82 Å². The molecular formula is C28H22FN3O4. The highest BCUT2D eigenvalue weighted by Gasteiger charge is 2.48. The predicted molar refractivity (Wildman–Crippen MR) is 129 cm³/mol. The first-order chi connectivity index (χ1) is 17.6. The number of halogens is 1. The average molecular weight is 483 g/mol. The Morgan fingerprint density at radius 1 is 0.972 bits per heavy atom. The zero-order valence-electron chi connectivity index (χ0n) is 19.2. The lowest BCUT2D eigenvalue weighted by Gasteiger charge is -2.47. The van der Waals surface area contributed by atoms with Crippen molar-refractivity contribution in [1.82, 2.24) is 14.8 Å². The first-order valence-corrected chi connectivity index (χ1v) is 11.9. The maximum atomic E-state index is 13.8. The van der Waals surface area contributed by atoms with Crippen LogP contribution in [0.5, 0.6) is 11.5 Å². The van der Waals surface area contributed by atoms with E-state index < -0.39 is 12.1 Å². The van der Waals surface area contributed by atoms with Gasteiger partial charge in [-0.1, -0.05) is 36.4 Å². The minimum atomic E-state index is -0.645. The lowest BCUT2D eigenvalue weighted by Crippen LogP contribution is -2.62. The van der Waals surface area contributed by atoms with Crippen molar-refractivity contribution in [2.24, 2.45) is 0 Å². The highest BCUT2D eigenvalue weighted by Crippen LogP contribution is 2.45. The van der Waals surface area contributed by atoms with Crippen LogP contribution < -0.4 is 9.47 Å². The van der Waals surface area contributed by atoms with Crippen molar-refractivity contribution in [3.8, 4) is 11.5 Å². The molecule has 0 aliphatic carbocycles. The Morgan fingerprint density at radius 3 is 2.64 bits per heavy atom. The number of nitrogens with one attached hydrogen (secondary N) is 1. The van der Waals surface area contributed by atoms with Gasteiger partial charge in [-0.3, -0.25) is 9.59 Å². The molecule has 0 unspecified atom stereocenters. The molecule has 4 aromatic rings. The molecule has 2 atom stereocenters. The number of piperazine rings is 1. The average Bonchev–Trinajstić information content (AvgIpc) is 3.51. The third-order valence-corrected chi connectivity index (χ3v) is 7.34. The highest BCUT2D eigenvalue weighted by molar-refractivity contribution is 5.97. The molecule has 2 amide bonds. The fourth-order valence-corrected chi connectivity index (χ4v) is 5.70. The summed E-state index contributed by atoms with van der Waals surface area (Å²) in [7, 11) is 0. The van der Waals surface area contributed by atoms with Crippen molar-refractivity contribution in [3.05, 3.63) is 94.9 Å². The van der Waals surface area contributed by atoms with Crippen molar-refractivity contribution in [3.63, 3.8) is 0 Å². The number of ether oxygens (including phenoxy) is 2. The molecule has 0 saturated carbocycles. The van der Waals surface area contributed by atoms with E-state index in [-0.39, 0.29) is 37.5 Å². The van der Waals surface area contributed by atoms with E-state index in [4.69, 9.17) is 9.47 Å². The summed E-state index contributed by atoms with van der Waals surface area (Å²) in [5.41, 5.74) is 4.56. The molecule has 7 nitrogen and oxygen atoms in total. The highest BCUT2D eigenvalue weighted by atomic mass is 19.1. The van der Waals surface area contributed by atoms with Gasteiger partial charge >= 0.3 is 0 Å². The lowest BCUT2D eigenvalue weighted by atomic mass is 9.86. The van der Waals surface area contributed by atoms with E-state index in [1.165, 1.54) is 12.1 Å². The summed E-state index contributed by atoms with van der Waals surface area (Å²) < 4.78 is 24.5. The van der Waals surface area contributed by atoms with Crippen LogP contribution in [0.25, 0.3) is 10.9 Å². The van der Waals surface area contributed by atoms with E-state index in [0.717, 1.165) is 33.3 Å². The minimum Gasteiger partial charge on any atom is -0.454 e. The lowest BCUT2D eigenvalue weighted by molar-refractivity contribution is -0.159. The molecular weight excluding hydrogens is 461 g/mol. The van der Waals surface area contributed by atoms with Gasteiger partial charge in [-0.25, -0.2) is 4.39 Å². The number of carbonyl (C=O) groups excluding carboxylic acids is 2. The topological polar surface area (TPSA) is 74.9 Å². The molecule has 1 saturated heterocycles. The van der Waals surface area contributed by atoms with E-state index in [2.05, 4.69) is 4.98 Å². The Hall–Kier alpha value is -4.33. The summed E-state index contributed by atoms with van der Waals surface area (Å²) in [4.78, 5) is 34.3. The standard InChI is InChI=1S/C28H22FN3O4/c29-18-8-5-16(6-9-18)13-31-14-25(33)32-22(28(31)34)12-20-19-3-1-2-4-21(19)30-26(20)27(32)17-7-10-23-24(11-17)36-15-35-23/h1-11,22,27,30H,12-15H2/t22-,27+/m1/s1. The van der Waals surface area contributed by atoms with E-state index >= 15 is 0 Å². The molecule has 0 bridgehead atoms. The molecule has 8 heteroatoms. The quantitative estimate of drug-likeness (QED) is 0.479. The van der Waals surface area contributed by atoms with Gasteiger partial charge in [0.15, 0.2) is 11.5 Å². The van der Waals surface area contributed by atoms with Crippen LogP contribution in [0.4, 0.5) is 4.39 Å². The van der Waals surface area contributed by atoms with Gasteiger partial charge in [0.25, 0.3) is 0 Å². The number of amides is 2. The number of nitrogens with zero attached hydrogens (tertiary/aromatic N) is 2. The van der Waals surface area contributed by atoms with Crippen molar-refractivity contribution < 1.29 is 23.5 Å². The smallest absolute Gasteiger partial charge is 0.246 e. The second-order valence-corrected chi connectivity index (χ2v) is 9.42. The van der Waals surface area contributed by atoms with Crippen LogP contribution >= 0.6 is 0 Å². The molecule has 0 spiro atoms. The number of hydrogen-bond donors (Lipinski definition) is 1. The second-order valence-electron chi connectivity index (χ2n) is 9.42. The van der Waals surface area contributed by atoms with Crippen molar-refractivity contribution in [1.29, 1.82) is 0 Å². The van der Waals surface area contributed by atoms with Gasteiger partial charge in [-0.15, -0.1) is 0 Å². The molecule has 1 aromatic heterocycles. The maximum Gasteiger partial charge on any atom is 0.246 e. The fourth-order valence-electron chi connectivity index (χ4n) is 5.70. The minimum absolute atomic E-state index is 0.0384. The van der Waals surface area contributed by atoms with Crippen LogP contribution in [-0.2, 0) is 22.6 Å². The van der Waals surface area contributed by atoms with Crippen molar-refractivity contribution >= 4 is 22.7 Å². The Bertz CT molecular complexity index is 1530. The number of fused-ring (bicyclic) bond motifs is 5. The molecule has 3 aliphatic heterocycles. The first kappa shape index (κ1) is 21.0. The maximum absolute atomic E-state index is 13.8. The van der Waals surface area contributed by atoms with E-state index in [1.54, 1.807) is 21.9 Å². The van der Waals surface area contributed by atoms with Crippen LogP contribution in [0.3, 0.4) is 0 Å². The number of H-pyrrole nitrogens is 1. The summed E-state index contributed by atoms with van der Waals surface area (Å²) in [5, 5.41) is 1.05.